The Bertz CT molecular complexity index is 565. The summed E-state index contributed by atoms with van der Waals surface area (Å²) in [4.78, 5) is 19.0. The average Bonchev–Trinajstić information content (AvgIpc) is 3.36. The molecule has 2 aliphatic heterocycles. The Morgan fingerprint density at radius 2 is 2.21 bits per heavy atom. The number of aromatic nitrogens is 1. The third-order valence-electron chi connectivity index (χ3n) is 5.74. The molecule has 130 valence electrons. The number of pyridine rings is 1. The monoisotopic (exact) mass is 329 g/mol. The second kappa shape index (κ2) is 6.81. The van der Waals surface area contributed by atoms with Gasteiger partial charge in [0.2, 0.25) is 5.91 Å². The van der Waals surface area contributed by atoms with Gasteiger partial charge in [0.05, 0.1) is 18.1 Å². The predicted octanol–water partition coefficient (Wildman–Crippen LogP) is 1.98. The van der Waals surface area contributed by atoms with Crippen LogP contribution in [0.2, 0.25) is 0 Å². The molecule has 3 fully saturated rings. The molecule has 24 heavy (non-hydrogen) atoms. The molecule has 5 heteroatoms. The first kappa shape index (κ1) is 16.0. The number of nitrogens with one attached hydrogen (secondary N) is 1. The van der Waals surface area contributed by atoms with Crippen LogP contribution in [0.4, 0.5) is 0 Å². The molecule has 0 bridgehead atoms. The van der Waals surface area contributed by atoms with E-state index in [9.17, 15) is 4.79 Å². The third kappa shape index (κ3) is 3.78. The van der Waals surface area contributed by atoms with Gasteiger partial charge in [0.1, 0.15) is 0 Å². The van der Waals surface area contributed by atoms with Gasteiger partial charge in [-0.05, 0) is 49.7 Å². The third-order valence-corrected chi connectivity index (χ3v) is 5.74. The van der Waals surface area contributed by atoms with Gasteiger partial charge < -0.3 is 10.1 Å². The predicted molar refractivity (Wildman–Crippen MR) is 91.3 cm³/mol. The fraction of sp³-hybridized carbons (Fsp3) is 0.684. The molecule has 1 saturated carbocycles. The standard InChI is InChI=1S/C19H27N3O2/c23-18(21-12-15-3-4-15)17-10-19(24-14-17)5-8-22(9-6-19)13-16-2-1-7-20-11-16/h1-2,7,11,15,17H,3-6,8-10,12-14H2,(H,21,23). The molecule has 0 aromatic carbocycles. The van der Waals surface area contributed by atoms with E-state index in [1.807, 2.05) is 18.5 Å². The lowest BCUT2D eigenvalue weighted by atomic mass is 9.85. The number of carbonyl (C=O) groups is 1. The van der Waals surface area contributed by atoms with Gasteiger partial charge in [0.15, 0.2) is 0 Å². The largest absolute Gasteiger partial charge is 0.374 e. The molecule has 1 aliphatic carbocycles. The van der Waals surface area contributed by atoms with Crippen LogP contribution in [0, 0.1) is 11.8 Å². The zero-order chi connectivity index (χ0) is 16.4. The second-order valence-corrected chi connectivity index (χ2v) is 7.72. The number of piperidine rings is 1. The first-order valence-corrected chi connectivity index (χ1v) is 9.25. The first-order chi connectivity index (χ1) is 11.7. The number of rotatable bonds is 5. The Hall–Kier alpha value is -1.46. The highest BCUT2D eigenvalue weighted by Gasteiger charge is 2.44. The van der Waals surface area contributed by atoms with Crippen molar-refractivity contribution in [3.05, 3.63) is 30.1 Å². The zero-order valence-electron chi connectivity index (χ0n) is 14.2. The Morgan fingerprint density at radius 1 is 1.38 bits per heavy atom. The van der Waals surface area contributed by atoms with Crippen LogP contribution in [0.15, 0.2) is 24.5 Å². The van der Waals surface area contributed by atoms with E-state index in [4.69, 9.17) is 4.74 Å². The lowest BCUT2D eigenvalue weighted by Crippen LogP contribution is -2.44. The molecule has 3 aliphatic rings. The molecule has 4 rings (SSSR count). The van der Waals surface area contributed by atoms with Crippen molar-refractivity contribution in [2.45, 2.75) is 44.2 Å². The molecule has 2 saturated heterocycles. The number of carbonyl (C=O) groups excluding carboxylic acids is 1. The van der Waals surface area contributed by atoms with E-state index >= 15 is 0 Å². The van der Waals surface area contributed by atoms with Crippen molar-refractivity contribution in [3.8, 4) is 0 Å². The molecule has 1 aromatic rings. The van der Waals surface area contributed by atoms with E-state index in [-0.39, 0.29) is 17.4 Å². The summed E-state index contributed by atoms with van der Waals surface area (Å²) < 4.78 is 6.14. The molecular weight excluding hydrogens is 302 g/mol. The Balaban J connectivity index is 1.25. The minimum absolute atomic E-state index is 0.0497. The van der Waals surface area contributed by atoms with Crippen LogP contribution in [-0.4, -0.2) is 47.6 Å². The van der Waals surface area contributed by atoms with Gasteiger partial charge in [-0.25, -0.2) is 0 Å². The summed E-state index contributed by atoms with van der Waals surface area (Å²) >= 11 is 0. The van der Waals surface area contributed by atoms with Gasteiger partial charge in [-0.3, -0.25) is 14.7 Å². The van der Waals surface area contributed by atoms with E-state index in [2.05, 4.69) is 21.3 Å². The van der Waals surface area contributed by atoms with Gasteiger partial charge in [-0.15, -0.1) is 0 Å². The Morgan fingerprint density at radius 3 is 2.92 bits per heavy atom. The summed E-state index contributed by atoms with van der Waals surface area (Å²) in [7, 11) is 0. The van der Waals surface area contributed by atoms with Crippen molar-refractivity contribution in [1.82, 2.24) is 15.2 Å². The number of ether oxygens (including phenoxy) is 1. The number of amides is 1. The van der Waals surface area contributed by atoms with Gasteiger partial charge in [-0.1, -0.05) is 6.07 Å². The maximum absolute atomic E-state index is 12.3. The molecular formula is C19H27N3O2. The number of nitrogens with zero attached hydrogens (tertiary/aromatic N) is 2. The minimum atomic E-state index is -0.0625. The van der Waals surface area contributed by atoms with Crippen LogP contribution in [-0.2, 0) is 16.1 Å². The smallest absolute Gasteiger partial charge is 0.225 e. The summed E-state index contributed by atoms with van der Waals surface area (Å²) in [6.07, 6.45) is 9.26. The molecule has 1 amide bonds. The second-order valence-electron chi connectivity index (χ2n) is 7.72. The van der Waals surface area contributed by atoms with Crippen LogP contribution < -0.4 is 5.32 Å². The van der Waals surface area contributed by atoms with Crippen LogP contribution >= 0.6 is 0 Å². The van der Waals surface area contributed by atoms with E-state index in [1.165, 1.54) is 18.4 Å². The summed E-state index contributed by atoms with van der Waals surface area (Å²) in [6.45, 7) is 4.48. The van der Waals surface area contributed by atoms with E-state index in [1.54, 1.807) is 0 Å². The molecule has 1 aromatic heterocycles. The molecule has 1 spiro atoms. The van der Waals surface area contributed by atoms with E-state index in [0.717, 1.165) is 51.4 Å². The highest BCUT2D eigenvalue weighted by atomic mass is 16.5. The van der Waals surface area contributed by atoms with Crippen LogP contribution in [0.1, 0.15) is 37.7 Å². The van der Waals surface area contributed by atoms with Gasteiger partial charge in [-0.2, -0.15) is 0 Å². The molecule has 0 radical (unpaired) electrons. The topological polar surface area (TPSA) is 54.5 Å². The highest BCUT2D eigenvalue weighted by molar-refractivity contribution is 5.79. The first-order valence-electron chi connectivity index (χ1n) is 9.25. The van der Waals surface area contributed by atoms with Gasteiger partial charge in [0, 0.05) is 38.6 Å². The minimum Gasteiger partial charge on any atom is -0.374 e. The lowest BCUT2D eigenvalue weighted by Gasteiger charge is -2.38. The normalized spacial score (nSPS) is 26.6. The number of hydrogen-bond acceptors (Lipinski definition) is 4. The molecule has 3 heterocycles. The van der Waals surface area contributed by atoms with Crippen LogP contribution in [0.5, 0.6) is 0 Å². The van der Waals surface area contributed by atoms with Crippen molar-refractivity contribution in [2.24, 2.45) is 11.8 Å². The molecule has 1 N–H and O–H groups in total. The number of hydrogen-bond donors (Lipinski definition) is 1. The summed E-state index contributed by atoms with van der Waals surface area (Å²) in [5.74, 6) is 0.992. The summed E-state index contributed by atoms with van der Waals surface area (Å²) in [5.41, 5.74) is 1.20. The molecule has 1 atom stereocenters. The van der Waals surface area contributed by atoms with Crippen molar-refractivity contribution in [3.63, 3.8) is 0 Å². The quantitative estimate of drug-likeness (QED) is 0.897. The maximum atomic E-state index is 12.3. The highest BCUT2D eigenvalue weighted by Crippen LogP contribution is 2.39. The van der Waals surface area contributed by atoms with Crippen LogP contribution in [0.25, 0.3) is 0 Å². The van der Waals surface area contributed by atoms with Crippen molar-refractivity contribution < 1.29 is 9.53 Å². The zero-order valence-corrected chi connectivity index (χ0v) is 14.2. The fourth-order valence-corrected chi connectivity index (χ4v) is 3.94. The molecule has 5 nitrogen and oxygen atoms in total. The fourth-order valence-electron chi connectivity index (χ4n) is 3.94. The summed E-state index contributed by atoms with van der Waals surface area (Å²) in [6, 6.07) is 4.12. The van der Waals surface area contributed by atoms with E-state index in [0.29, 0.717) is 6.61 Å². The summed E-state index contributed by atoms with van der Waals surface area (Å²) in [5, 5.41) is 3.11. The van der Waals surface area contributed by atoms with Gasteiger partial charge >= 0.3 is 0 Å². The van der Waals surface area contributed by atoms with Crippen molar-refractivity contribution in [2.75, 3.05) is 26.2 Å². The Kier molecular flexibility index (Phi) is 4.55. The Labute approximate surface area is 143 Å². The van der Waals surface area contributed by atoms with Crippen molar-refractivity contribution in [1.29, 1.82) is 0 Å². The number of likely N-dealkylation sites (tertiary alicyclic amines) is 1. The van der Waals surface area contributed by atoms with Crippen LogP contribution in [0.3, 0.4) is 0 Å². The van der Waals surface area contributed by atoms with Crippen molar-refractivity contribution >= 4 is 5.91 Å². The lowest BCUT2D eigenvalue weighted by molar-refractivity contribution is -0.125. The average molecular weight is 329 g/mol. The molecule has 1 unspecified atom stereocenters. The maximum Gasteiger partial charge on any atom is 0.225 e. The van der Waals surface area contributed by atoms with Gasteiger partial charge in [0.25, 0.3) is 0 Å². The van der Waals surface area contributed by atoms with E-state index < -0.39 is 0 Å². The SMILES string of the molecule is O=C(NCC1CC1)C1COC2(CCN(Cc3cccnc3)CC2)C1.